The average Bonchev–Trinajstić information content (AvgIpc) is 1.60. The van der Waals surface area contributed by atoms with Crippen LogP contribution in [0.15, 0.2) is 0 Å². The quantitative estimate of drug-likeness (QED) is 0.347. The number of hydrazine groups is 1. The highest BCUT2D eigenvalue weighted by molar-refractivity contribution is 5.58. The number of hydrogen-bond acceptors (Lipinski definition) is 3. The minimum absolute atomic E-state index is 0.0781. The Labute approximate surface area is 62.2 Å². The molecule has 0 bridgehead atoms. The molecule has 0 aromatic heterocycles. The fourth-order valence-electron chi connectivity index (χ4n) is 0.911. The molecule has 1 unspecified atom stereocenters. The average molecular weight is 144 g/mol. The molecule has 0 saturated heterocycles. The molecule has 0 aliphatic rings. The van der Waals surface area contributed by atoms with E-state index in [0.29, 0.717) is 0 Å². The Morgan fingerprint density at radius 3 is 1.90 bits per heavy atom. The lowest BCUT2D eigenvalue weighted by atomic mass is 9.87. The summed E-state index contributed by atoms with van der Waals surface area (Å²) < 4.78 is 0. The standard InChI is InChI=1S/C7H16N2O/c1-7(2,3)6(5-10)9(4)8/h5-6H,8H2,1-4H3. The van der Waals surface area contributed by atoms with Crippen molar-refractivity contribution in [3.63, 3.8) is 0 Å². The number of hydrogen-bond donors (Lipinski definition) is 1. The minimum atomic E-state index is -0.201. The summed E-state index contributed by atoms with van der Waals surface area (Å²) in [6.45, 7) is 5.94. The Bertz CT molecular complexity index is 115. The SMILES string of the molecule is CN(N)C(C=O)C(C)(C)C. The van der Waals surface area contributed by atoms with Gasteiger partial charge in [-0.25, -0.2) is 5.01 Å². The summed E-state index contributed by atoms with van der Waals surface area (Å²) in [7, 11) is 1.70. The van der Waals surface area contributed by atoms with Gasteiger partial charge in [-0.2, -0.15) is 0 Å². The first-order chi connectivity index (χ1) is 4.39. The highest BCUT2D eigenvalue weighted by Gasteiger charge is 2.25. The monoisotopic (exact) mass is 144 g/mol. The van der Waals surface area contributed by atoms with Crippen molar-refractivity contribution >= 4 is 6.29 Å². The Kier molecular flexibility index (Phi) is 2.99. The number of rotatable bonds is 2. The first kappa shape index (κ1) is 9.59. The fraction of sp³-hybridized carbons (Fsp3) is 0.857. The second-order valence-corrected chi connectivity index (χ2v) is 3.61. The van der Waals surface area contributed by atoms with E-state index in [4.69, 9.17) is 5.84 Å². The van der Waals surface area contributed by atoms with Gasteiger partial charge in [0, 0.05) is 7.05 Å². The van der Waals surface area contributed by atoms with Gasteiger partial charge >= 0.3 is 0 Å². The van der Waals surface area contributed by atoms with Gasteiger partial charge < -0.3 is 4.79 Å². The van der Waals surface area contributed by atoms with Gasteiger partial charge in [-0.15, -0.1) is 0 Å². The van der Waals surface area contributed by atoms with Crippen LogP contribution in [0.5, 0.6) is 0 Å². The fourth-order valence-corrected chi connectivity index (χ4v) is 0.911. The van der Waals surface area contributed by atoms with E-state index in [0.717, 1.165) is 6.29 Å². The predicted octanol–water partition coefficient (Wildman–Crippen LogP) is 0.405. The smallest absolute Gasteiger partial charge is 0.139 e. The second kappa shape index (κ2) is 3.12. The van der Waals surface area contributed by atoms with Gasteiger partial charge in [-0.05, 0) is 5.41 Å². The topological polar surface area (TPSA) is 46.3 Å². The first-order valence-corrected chi connectivity index (χ1v) is 3.32. The normalized spacial score (nSPS) is 15.4. The summed E-state index contributed by atoms with van der Waals surface area (Å²) in [4.78, 5) is 10.5. The first-order valence-electron chi connectivity index (χ1n) is 3.32. The Morgan fingerprint density at radius 2 is 1.90 bits per heavy atom. The van der Waals surface area contributed by atoms with Crippen molar-refractivity contribution in [3.05, 3.63) is 0 Å². The highest BCUT2D eigenvalue weighted by atomic mass is 16.1. The summed E-state index contributed by atoms with van der Waals surface area (Å²) in [6.07, 6.45) is 0.875. The number of likely N-dealkylation sites (N-methyl/N-ethyl adjacent to an activating group) is 1. The molecule has 60 valence electrons. The van der Waals surface area contributed by atoms with E-state index < -0.39 is 0 Å². The van der Waals surface area contributed by atoms with Crippen molar-refractivity contribution in [1.82, 2.24) is 5.01 Å². The van der Waals surface area contributed by atoms with Crippen molar-refractivity contribution in [3.8, 4) is 0 Å². The largest absolute Gasteiger partial charge is 0.302 e. The van der Waals surface area contributed by atoms with Gasteiger partial charge in [-0.3, -0.25) is 5.84 Å². The van der Waals surface area contributed by atoms with Gasteiger partial charge in [0.2, 0.25) is 0 Å². The molecule has 3 heteroatoms. The molecule has 1 atom stereocenters. The third-order valence-corrected chi connectivity index (χ3v) is 1.45. The molecule has 0 aromatic carbocycles. The molecule has 3 nitrogen and oxygen atoms in total. The molecule has 0 fully saturated rings. The van der Waals surface area contributed by atoms with E-state index in [9.17, 15) is 4.79 Å². The van der Waals surface area contributed by atoms with Crippen LogP contribution in [-0.2, 0) is 4.79 Å². The Morgan fingerprint density at radius 1 is 1.50 bits per heavy atom. The number of aldehydes is 1. The van der Waals surface area contributed by atoms with Crippen LogP contribution in [0.2, 0.25) is 0 Å². The number of carbonyl (C=O) groups is 1. The molecule has 0 radical (unpaired) electrons. The molecular formula is C7H16N2O. The van der Waals surface area contributed by atoms with Gasteiger partial charge in [0.25, 0.3) is 0 Å². The Balaban J connectivity index is 4.21. The van der Waals surface area contributed by atoms with Gasteiger partial charge in [-0.1, -0.05) is 20.8 Å². The van der Waals surface area contributed by atoms with Crippen molar-refractivity contribution in [2.45, 2.75) is 26.8 Å². The van der Waals surface area contributed by atoms with E-state index in [1.54, 1.807) is 7.05 Å². The van der Waals surface area contributed by atoms with Crippen molar-refractivity contribution in [1.29, 1.82) is 0 Å². The van der Waals surface area contributed by atoms with E-state index in [1.807, 2.05) is 20.8 Å². The van der Waals surface area contributed by atoms with E-state index in [1.165, 1.54) is 5.01 Å². The number of carbonyl (C=O) groups excluding carboxylic acids is 1. The number of nitrogens with zero attached hydrogens (tertiary/aromatic N) is 1. The lowest BCUT2D eigenvalue weighted by Crippen LogP contribution is -2.46. The van der Waals surface area contributed by atoms with Crippen LogP contribution in [0, 0.1) is 5.41 Å². The van der Waals surface area contributed by atoms with Crippen LogP contribution in [0.1, 0.15) is 20.8 Å². The zero-order valence-electron chi connectivity index (χ0n) is 7.09. The van der Waals surface area contributed by atoms with Gasteiger partial charge in [0.15, 0.2) is 0 Å². The van der Waals surface area contributed by atoms with Crippen LogP contribution >= 0.6 is 0 Å². The molecule has 0 rings (SSSR count). The maximum atomic E-state index is 10.5. The predicted molar refractivity (Wildman–Crippen MR) is 41.3 cm³/mol. The molecule has 2 N–H and O–H groups in total. The lowest BCUT2D eigenvalue weighted by molar-refractivity contribution is -0.115. The summed E-state index contributed by atoms with van der Waals surface area (Å²) in [5.74, 6) is 5.44. The third-order valence-electron chi connectivity index (χ3n) is 1.45. The summed E-state index contributed by atoms with van der Waals surface area (Å²) in [5.41, 5.74) is -0.0781. The maximum absolute atomic E-state index is 10.5. The maximum Gasteiger partial charge on any atom is 0.139 e. The van der Waals surface area contributed by atoms with Gasteiger partial charge in [0.1, 0.15) is 6.29 Å². The van der Waals surface area contributed by atoms with Crippen LogP contribution in [0.4, 0.5) is 0 Å². The molecule has 0 aromatic rings. The van der Waals surface area contributed by atoms with Crippen molar-refractivity contribution in [2.75, 3.05) is 7.05 Å². The van der Waals surface area contributed by atoms with Crippen LogP contribution in [0.3, 0.4) is 0 Å². The second-order valence-electron chi connectivity index (χ2n) is 3.61. The summed E-state index contributed by atoms with van der Waals surface area (Å²) >= 11 is 0. The third kappa shape index (κ3) is 2.45. The Hall–Kier alpha value is -0.410. The molecule has 0 spiro atoms. The molecule has 0 saturated carbocycles. The zero-order chi connectivity index (χ0) is 8.36. The summed E-state index contributed by atoms with van der Waals surface area (Å²) in [5, 5.41) is 1.44. The lowest BCUT2D eigenvalue weighted by Gasteiger charge is -2.30. The molecule has 10 heavy (non-hydrogen) atoms. The van der Waals surface area contributed by atoms with E-state index in [-0.39, 0.29) is 11.5 Å². The molecule has 0 aliphatic carbocycles. The number of nitrogens with two attached hydrogens (primary N) is 1. The zero-order valence-corrected chi connectivity index (χ0v) is 7.09. The molecule has 0 heterocycles. The van der Waals surface area contributed by atoms with Crippen molar-refractivity contribution < 1.29 is 4.79 Å². The minimum Gasteiger partial charge on any atom is -0.302 e. The molecular weight excluding hydrogens is 128 g/mol. The van der Waals surface area contributed by atoms with Crippen LogP contribution in [0.25, 0.3) is 0 Å². The van der Waals surface area contributed by atoms with E-state index in [2.05, 4.69) is 0 Å². The van der Waals surface area contributed by atoms with Gasteiger partial charge in [0.05, 0.1) is 6.04 Å². The van der Waals surface area contributed by atoms with Crippen LogP contribution in [-0.4, -0.2) is 24.4 Å². The van der Waals surface area contributed by atoms with Crippen LogP contribution < -0.4 is 5.84 Å². The molecule has 0 amide bonds. The highest BCUT2D eigenvalue weighted by Crippen LogP contribution is 2.19. The van der Waals surface area contributed by atoms with Crippen molar-refractivity contribution in [2.24, 2.45) is 11.3 Å². The molecule has 0 aliphatic heterocycles. The summed E-state index contributed by atoms with van der Waals surface area (Å²) in [6, 6.07) is -0.201. The van der Waals surface area contributed by atoms with E-state index >= 15 is 0 Å².